The van der Waals surface area contributed by atoms with Crippen LogP contribution in [0.25, 0.3) is 11.0 Å². The fourth-order valence-electron chi connectivity index (χ4n) is 2.56. The van der Waals surface area contributed by atoms with E-state index < -0.39 is 0 Å². The molecule has 6 heteroatoms. The van der Waals surface area contributed by atoms with Crippen LogP contribution in [-0.4, -0.2) is 33.3 Å². The van der Waals surface area contributed by atoms with Gasteiger partial charge in [0, 0.05) is 16.2 Å². The van der Waals surface area contributed by atoms with Gasteiger partial charge in [-0.25, -0.2) is 4.98 Å². The lowest BCUT2D eigenvalue weighted by Crippen LogP contribution is -2.27. The summed E-state index contributed by atoms with van der Waals surface area (Å²) in [6, 6.07) is 13.2. The van der Waals surface area contributed by atoms with Crippen LogP contribution in [0.1, 0.15) is 34.7 Å². The Balaban J connectivity index is 1.68. The number of aliphatic hydroxyl groups is 1. The minimum Gasteiger partial charge on any atom is -0.396 e. The van der Waals surface area contributed by atoms with Crippen LogP contribution >= 0.6 is 11.8 Å². The maximum absolute atomic E-state index is 12.4. The molecule has 0 fully saturated rings. The number of nitrogens with zero attached hydrogens (tertiary/aromatic N) is 1. The second-order valence-corrected chi connectivity index (χ2v) is 7.10. The Bertz CT molecular complexity index is 874. The van der Waals surface area contributed by atoms with Crippen LogP contribution in [0.3, 0.4) is 0 Å². The number of carbonyl (C=O) groups is 1. The number of benzene rings is 2. The lowest BCUT2D eigenvalue weighted by Gasteiger charge is -2.11. The molecule has 0 aliphatic carbocycles. The number of nitrogens with one attached hydrogen (secondary N) is 2. The topological polar surface area (TPSA) is 78.0 Å². The van der Waals surface area contributed by atoms with E-state index in [1.54, 1.807) is 23.9 Å². The number of imidazole rings is 1. The van der Waals surface area contributed by atoms with Crippen LogP contribution in [-0.2, 0) is 0 Å². The van der Waals surface area contributed by atoms with Crippen molar-refractivity contribution in [2.75, 3.05) is 12.4 Å². The van der Waals surface area contributed by atoms with Crippen molar-refractivity contribution in [1.82, 2.24) is 15.3 Å². The van der Waals surface area contributed by atoms with Gasteiger partial charge in [-0.3, -0.25) is 4.79 Å². The van der Waals surface area contributed by atoms with Crippen molar-refractivity contribution in [3.05, 3.63) is 59.4 Å². The molecule has 1 aromatic heterocycles. The van der Waals surface area contributed by atoms with E-state index >= 15 is 0 Å². The molecule has 0 saturated heterocycles. The summed E-state index contributed by atoms with van der Waals surface area (Å²) in [7, 11) is 0. The van der Waals surface area contributed by atoms with Gasteiger partial charge in [0.2, 0.25) is 0 Å². The molecule has 0 aliphatic heterocycles. The van der Waals surface area contributed by atoms with Gasteiger partial charge in [-0.15, -0.1) is 11.8 Å². The first-order valence-corrected chi connectivity index (χ1v) is 9.16. The van der Waals surface area contributed by atoms with Gasteiger partial charge in [0.25, 0.3) is 5.91 Å². The summed E-state index contributed by atoms with van der Waals surface area (Å²) in [6.07, 6.45) is 0. The molecule has 1 amide bonds. The van der Waals surface area contributed by atoms with E-state index in [2.05, 4.69) is 15.3 Å². The SMILES string of the molecule is Cc1ccc2nc([C@@H](C)NC(=O)c3ccc(SCCO)cc3)[nH]c2c1. The number of aromatic nitrogens is 2. The summed E-state index contributed by atoms with van der Waals surface area (Å²) in [5, 5.41) is 11.8. The Morgan fingerprint density at radius 1 is 1.28 bits per heavy atom. The zero-order chi connectivity index (χ0) is 17.8. The Kier molecular flexibility index (Phi) is 5.40. The molecule has 1 heterocycles. The Hall–Kier alpha value is -2.31. The van der Waals surface area contributed by atoms with Crippen LogP contribution < -0.4 is 5.32 Å². The number of amides is 1. The van der Waals surface area contributed by atoms with E-state index in [9.17, 15) is 4.79 Å². The molecule has 0 radical (unpaired) electrons. The zero-order valence-corrected chi connectivity index (χ0v) is 15.1. The number of fused-ring (bicyclic) bond motifs is 1. The molecular weight excluding hydrogens is 334 g/mol. The number of aromatic amines is 1. The van der Waals surface area contributed by atoms with Gasteiger partial charge in [0.1, 0.15) is 5.82 Å². The summed E-state index contributed by atoms with van der Waals surface area (Å²) in [4.78, 5) is 21.3. The van der Waals surface area contributed by atoms with E-state index in [0.717, 1.165) is 21.8 Å². The standard InChI is InChI=1S/C19H21N3O2S/c1-12-3-8-16-17(11-12)22-18(21-16)13(2)20-19(24)14-4-6-15(7-5-14)25-10-9-23/h3-8,11,13,23H,9-10H2,1-2H3,(H,20,24)(H,21,22)/t13-/m1/s1. The highest BCUT2D eigenvalue weighted by Crippen LogP contribution is 2.19. The first-order valence-electron chi connectivity index (χ1n) is 8.17. The van der Waals surface area contributed by atoms with Crippen molar-refractivity contribution in [3.8, 4) is 0 Å². The largest absolute Gasteiger partial charge is 0.396 e. The van der Waals surface area contributed by atoms with Gasteiger partial charge in [-0.2, -0.15) is 0 Å². The van der Waals surface area contributed by atoms with Crippen molar-refractivity contribution >= 4 is 28.7 Å². The minimum atomic E-state index is -0.219. The van der Waals surface area contributed by atoms with Gasteiger partial charge in [0.15, 0.2) is 0 Å². The summed E-state index contributed by atoms with van der Waals surface area (Å²) in [5.41, 5.74) is 3.64. The molecule has 1 atom stereocenters. The molecule has 3 rings (SSSR count). The summed E-state index contributed by atoms with van der Waals surface area (Å²) >= 11 is 1.56. The van der Waals surface area contributed by atoms with Crippen molar-refractivity contribution in [3.63, 3.8) is 0 Å². The minimum absolute atomic E-state index is 0.136. The van der Waals surface area contributed by atoms with Crippen LogP contribution in [0.15, 0.2) is 47.4 Å². The smallest absolute Gasteiger partial charge is 0.251 e. The Labute approximate surface area is 150 Å². The van der Waals surface area contributed by atoms with Gasteiger partial charge in [-0.05, 0) is 55.8 Å². The fourth-order valence-corrected chi connectivity index (χ4v) is 3.22. The Morgan fingerprint density at radius 3 is 2.76 bits per heavy atom. The lowest BCUT2D eigenvalue weighted by atomic mass is 10.2. The number of H-pyrrole nitrogens is 1. The number of rotatable bonds is 6. The second-order valence-electron chi connectivity index (χ2n) is 5.93. The maximum atomic E-state index is 12.4. The summed E-state index contributed by atoms with van der Waals surface area (Å²) < 4.78 is 0. The predicted molar refractivity (Wildman–Crippen MR) is 101 cm³/mol. The average molecular weight is 355 g/mol. The van der Waals surface area contributed by atoms with E-state index in [1.165, 1.54) is 5.56 Å². The third-order valence-electron chi connectivity index (χ3n) is 3.89. The van der Waals surface area contributed by atoms with Crippen molar-refractivity contribution in [1.29, 1.82) is 0 Å². The van der Waals surface area contributed by atoms with Gasteiger partial charge < -0.3 is 15.4 Å². The summed E-state index contributed by atoms with van der Waals surface area (Å²) in [6.45, 7) is 4.09. The first kappa shape index (κ1) is 17.5. The highest BCUT2D eigenvalue weighted by atomic mass is 32.2. The van der Waals surface area contributed by atoms with E-state index in [-0.39, 0.29) is 18.6 Å². The molecule has 0 aliphatic rings. The first-order chi connectivity index (χ1) is 12.1. The fraction of sp³-hybridized carbons (Fsp3) is 0.263. The quantitative estimate of drug-likeness (QED) is 0.592. The number of aryl methyl sites for hydroxylation is 1. The average Bonchev–Trinajstić information content (AvgIpc) is 3.03. The maximum Gasteiger partial charge on any atom is 0.251 e. The molecule has 0 spiro atoms. The highest BCUT2D eigenvalue weighted by Gasteiger charge is 2.15. The normalized spacial score (nSPS) is 12.3. The monoisotopic (exact) mass is 355 g/mol. The molecule has 0 saturated carbocycles. The predicted octanol–water partition coefficient (Wildman–Crippen LogP) is 3.45. The van der Waals surface area contributed by atoms with E-state index in [0.29, 0.717) is 11.3 Å². The second kappa shape index (κ2) is 7.72. The van der Waals surface area contributed by atoms with Crippen LogP contribution in [0.4, 0.5) is 0 Å². The number of thioether (sulfide) groups is 1. The third kappa shape index (κ3) is 4.21. The van der Waals surface area contributed by atoms with Crippen LogP contribution in [0, 0.1) is 6.92 Å². The molecule has 0 bridgehead atoms. The molecular formula is C19H21N3O2S. The Morgan fingerprint density at radius 2 is 2.04 bits per heavy atom. The van der Waals surface area contributed by atoms with E-state index in [1.807, 2.05) is 44.2 Å². The molecule has 3 N–H and O–H groups in total. The van der Waals surface area contributed by atoms with Crippen molar-refractivity contribution < 1.29 is 9.90 Å². The molecule has 2 aromatic carbocycles. The van der Waals surface area contributed by atoms with Gasteiger partial charge >= 0.3 is 0 Å². The lowest BCUT2D eigenvalue weighted by molar-refractivity contribution is 0.0938. The zero-order valence-electron chi connectivity index (χ0n) is 14.2. The van der Waals surface area contributed by atoms with E-state index in [4.69, 9.17) is 5.11 Å². The van der Waals surface area contributed by atoms with Gasteiger partial charge in [-0.1, -0.05) is 6.07 Å². The summed E-state index contributed by atoms with van der Waals surface area (Å²) in [5.74, 6) is 1.25. The molecule has 25 heavy (non-hydrogen) atoms. The number of hydrogen-bond acceptors (Lipinski definition) is 4. The number of aliphatic hydroxyl groups excluding tert-OH is 1. The molecule has 3 aromatic rings. The van der Waals surface area contributed by atoms with Gasteiger partial charge in [0.05, 0.1) is 23.7 Å². The van der Waals surface area contributed by atoms with Crippen LogP contribution in [0.2, 0.25) is 0 Å². The highest BCUT2D eigenvalue weighted by molar-refractivity contribution is 7.99. The molecule has 130 valence electrons. The number of hydrogen-bond donors (Lipinski definition) is 3. The van der Waals surface area contributed by atoms with Crippen molar-refractivity contribution in [2.24, 2.45) is 0 Å². The molecule has 5 nitrogen and oxygen atoms in total. The number of carbonyl (C=O) groups excluding carboxylic acids is 1. The van der Waals surface area contributed by atoms with Crippen LogP contribution in [0.5, 0.6) is 0 Å². The molecule has 0 unspecified atom stereocenters. The third-order valence-corrected chi connectivity index (χ3v) is 4.88. The van der Waals surface area contributed by atoms with Crippen molar-refractivity contribution in [2.45, 2.75) is 24.8 Å².